The van der Waals surface area contributed by atoms with Gasteiger partial charge >= 0.3 is 0 Å². The van der Waals surface area contributed by atoms with Gasteiger partial charge < -0.3 is 0 Å². The van der Waals surface area contributed by atoms with Gasteiger partial charge in [0.1, 0.15) is 0 Å². The van der Waals surface area contributed by atoms with Crippen LogP contribution in [0.2, 0.25) is 0 Å². The number of unbranched alkanes of at least 4 members (excludes halogenated alkanes) is 7. The standard InChI is InChI=1S/C16H34S/c1-5-7-9-10-11-12-13-14-16(3,4)17-15-8-6-2/h5-15H2,1-4H3. The Labute approximate surface area is 114 Å². The van der Waals surface area contributed by atoms with E-state index in [0.717, 1.165) is 0 Å². The Hall–Kier alpha value is 0.350. The fraction of sp³-hybridized carbons (Fsp3) is 1.00. The lowest BCUT2D eigenvalue weighted by Gasteiger charge is -2.24. The molecule has 0 aliphatic carbocycles. The molecule has 104 valence electrons. The topological polar surface area (TPSA) is 0 Å². The van der Waals surface area contributed by atoms with E-state index in [4.69, 9.17) is 0 Å². The van der Waals surface area contributed by atoms with Gasteiger partial charge in [0.15, 0.2) is 0 Å². The van der Waals surface area contributed by atoms with E-state index in [0.29, 0.717) is 4.75 Å². The lowest BCUT2D eigenvalue weighted by Crippen LogP contribution is -2.15. The number of rotatable bonds is 12. The molecular formula is C16H34S. The van der Waals surface area contributed by atoms with E-state index < -0.39 is 0 Å². The normalized spacial score (nSPS) is 12.0. The highest BCUT2D eigenvalue weighted by atomic mass is 32.2. The van der Waals surface area contributed by atoms with Crippen molar-refractivity contribution in [1.29, 1.82) is 0 Å². The zero-order valence-corrected chi connectivity index (χ0v) is 13.5. The Kier molecular flexibility index (Phi) is 11.7. The maximum atomic E-state index is 2.42. The number of thioether (sulfide) groups is 1. The van der Waals surface area contributed by atoms with Crippen molar-refractivity contribution in [3.8, 4) is 0 Å². The Morgan fingerprint density at radius 3 is 1.82 bits per heavy atom. The van der Waals surface area contributed by atoms with Gasteiger partial charge in [-0.05, 0) is 18.6 Å². The third kappa shape index (κ3) is 12.6. The molecule has 0 rings (SSSR count). The molecule has 0 aliphatic rings. The third-order valence-corrected chi connectivity index (χ3v) is 4.85. The van der Waals surface area contributed by atoms with Crippen LogP contribution in [-0.2, 0) is 0 Å². The molecule has 0 aromatic rings. The smallest absolute Gasteiger partial charge is 0.0103 e. The average Bonchev–Trinajstić information content (AvgIpc) is 2.28. The molecule has 0 N–H and O–H groups in total. The van der Waals surface area contributed by atoms with E-state index in [2.05, 4.69) is 39.5 Å². The Bertz CT molecular complexity index is 152. The fourth-order valence-electron chi connectivity index (χ4n) is 2.07. The first-order valence-corrected chi connectivity index (χ1v) is 8.75. The van der Waals surface area contributed by atoms with Gasteiger partial charge in [-0.15, -0.1) is 0 Å². The summed E-state index contributed by atoms with van der Waals surface area (Å²) in [5, 5.41) is 0. The summed E-state index contributed by atoms with van der Waals surface area (Å²) in [6.45, 7) is 9.41. The lowest BCUT2D eigenvalue weighted by atomic mass is 10.0. The van der Waals surface area contributed by atoms with Crippen molar-refractivity contribution in [3.05, 3.63) is 0 Å². The van der Waals surface area contributed by atoms with Crippen LogP contribution < -0.4 is 0 Å². The summed E-state index contributed by atoms with van der Waals surface area (Å²) in [4.78, 5) is 0. The minimum absolute atomic E-state index is 0.512. The van der Waals surface area contributed by atoms with Crippen LogP contribution in [0.4, 0.5) is 0 Å². The quantitative estimate of drug-likeness (QED) is 0.363. The van der Waals surface area contributed by atoms with Crippen LogP contribution in [0.5, 0.6) is 0 Å². The Morgan fingerprint density at radius 1 is 0.706 bits per heavy atom. The van der Waals surface area contributed by atoms with Crippen molar-refractivity contribution >= 4 is 11.8 Å². The average molecular weight is 259 g/mol. The van der Waals surface area contributed by atoms with Crippen molar-refractivity contribution in [1.82, 2.24) is 0 Å². The molecule has 0 unspecified atom stereocenters. The van der Waals surface area contributed by atoms with E-state index in [1.54, 1.807) is 0 Å². The molecule has 0 heterocycles. The zero-order chi connectivity index (χ0) is 13.0. The highest BCUT2D eigenvalue weighted by molar-refractivity contribution is 8.00. The lowest BCUT2D eigenvalue weighted by molar-refractivity contribution is 0.536. The summed E-state index contributed by atoms with van der Waals surface area (Å²) in [5.74, 6) is 1.35. The summed E-state index contributed by atoms with van der Waals surface area (Å²) >= 11 is 2.18. The molecule has 0 fully saturated rings. The zero-order valence-electron chi connectivity index (χ0n) is 12.7. The minimum atomic E-state index is 0.512. The van der Waals surface area contributed by atoms with Gasteiger partial charge in [0.25, 0.3) is 0 Å². The predicted octanol–water partition coefficient (Wildman–Crippen LogP) is 6.44. The van der Waals surface area contributed by atoms with Crippen LogP contribution in [0.15, 0.2) is 0 Å². The maximum absolute atomic E-state index is 2.42. The van der Waals surface area contributed by atoms with Crippen molar-refractivity contribution in [2.75, 3.05) is 5.75 Å². The monoisotopic (exact) mass is 258 g/mol. The van der Waals surface area contributed by atoms with Crippen LogP contribution in [0.25, 0.3) is 0 Å². The van der Waals surface area contributed by atoms with Crippen molar-refractivity contribution in [2.45, 2.75) is 96.7 Å². The molecule has 0 saturated heterocycles. The van der Waals surface area contributed by atoms with E-state index in [1.807, 2.05) is 0 Å². The summed E-state index contributed by atoms with van der Waals surface area (Å²) < 4.78 is 0.512. The largest absolute Gasteiger partial charge is 0.156 e. The van der Waals surface area contributed by atoms with Gasteiger partial charge in [-0.1, -0.05) is 79.1 Å². The molecule has 0 nitrogen and oxygen atoms in total. The molecular weight excluding hydrogens is 224 g/mol. The van der Waals surface area contributed by atoms with Gasteiger partial charge in [0.2, 0.25) is 0 Å². The second-order valence-corrected chi connectivity index (χ2v) is 7.64. The molecule has 0 aliphatic heterocycles. The highest BCUT2D eigenvalue weighted by Gasteiger charge is 2.16. The van der Waals surface area contributed by atoms with Crippen LogP contribution in [0.3, 0.4) is 0 Å². The molecule has 1 heteroatoms. The first kappa shape index (κ1) is 17.4. The number of hydrogen-bond donors (Lipinski definition) is 0. The summed E-state index contributed by atoms with van der Waals surface area (Å²) in [7, 11) is 0. The van der Waals surface area contributed by atoms with Crippen molar-refractivity contribution in [2.24, 2.45) is 0 Å². The molecule has 0 amide bonds. The SMILES string of the molecule is CCCCCCCCCC(C)(C)SCCCC. The molecule has 0 radical (unpaired) electrons. The molecule has 17 heavy (non-hydrogen) atoms. The highest BCUT2D eigenvalue weighted by Crippen LogP contribution is 2.31. The van der Waals surface area contributed by atoms with Crippen molar-refractivity contribution in [3.63, 3.8) is 0 Å². The molecule has 0 spiro atoms. The van der Waals surface area contributed by atoms with Gasteiger partial charge in [0.05, 0.1) is 0 Å². The van der Waals surface area contributed by atoms with Crippen LogP contribution in [0.1, 0.15) is 91.9 Å². The van der Waals surface area contributed by atoms with E-state index >= 15 is 0 Å². The van der Waals surface area contributed by atoms with Crippen LogP contribution >= 0.6 is 11.8 Å². The number of hydrogen-bond acceptors (Lipinski definition) is 1. The van der Waals surface area contributed by atoms with E-state index in [9.17, 15) is 0 Å². The second kappa shape index (κ2) is 11.4. The van der Waals surface area contributed by atoms with E-state index in [1.165, 1.54) is 70.0 Å². The fourth-order valence-corrected chi connectivity index (χ4v) is 3.35. The minimum Gasteiger partial charge on any atom is -0.156 e. The summed E-state index contributed by atoms with van der Waals surface area (Å²) in [6, 6.07) is 0. The Morgan fingerprint density at radius 2 is 1.24 bits per heavy atom. The summed E-state index contributed by atoms with van der Waals surface area (Å²) in [5.41, 5.74) is 0. The van der Waals surface area contributed by atoms with Gasteiger partial charge in [0, 0.05) is 4.75 Å². The van der Waals surface area contributed by atoms with Crippen LogP contribution in [-0.4, -0.2) is 10.5 Å². The summed E-state index contributed by atoms with van der Waals surface area (Å²) in [6.07, 6.45) is 14.1. The maximum Gasteiger partial charge on any atom is 0.0103 e. The first-order chi connectivity index (χ1) is 8.12. The van der Waals surface area contributed by atoms with Gasteiger partial charge in [-0.3, -0.25) is 0 Å². The van der Waals surface area contributed by atoms with E-state index in [-0.39, 0.29) is 0 Å². The molecule has 0 saturated carbocycles. The molecule has 0 bridgehead atoms. The molecule has 0 atom stereocenters. The van der Waals surface area contributed by atoms with Gasteiger partial charge in [-0.25, -0.2) is 0 Å². The second-order valence-electron chi connectivity index (χ2n) is 5.83. The first-order valence-electron chi connectivity index (χ1n) is 7.76. The van der Waals surface area contributed by atoms with Gasteiger partial charge in [-0.2, -0.15) is 11.8 Å². The third-order valence-electron chi connectivity index (χ3n) is 3.37. The van der Waals surface area contributed by atoms with Crippen LogP contribution in [0, 0.1) is 0 Å². The molecule has 0 aromatic heterocycles. The Balaban J connectivity index is 3.32. The molecule has 0 aromatic carbocycles. The van der Waals surface area contributed by atoms with Crippen molar-refractivity contribution < 1.29 is 0 Å². The predicted molar refractivity (Wildman–Crippen MR) is 84.1 cm³/mol.